The maximum atomic E-state index is 12.6. The molecule has 1 spiro atoms. The fourth-order valence-electron chi connectivity index (χ4n) is 3.82. The molecule has 7 heteroatoms. The van der Waals surface area contributed by atoms with Gasteiger partial charge in [0.15, 0.2) is 5.58 Å². The Morgan fingerprint density at radius 1 is 1.15 bits per heavy atom. The van der Waals surface area contributed by atoms with E-state index < -0.39 is 0 Å². The van der Waals surface area contributed by atoms with E-state index in [1.807, 2.05) is 34.1 Å². The number of likely N-dealkylation sites (tertiary alicyclic amines) is 1. The molecule has 2 fully saturated rings. The highest BCUT2D eigenvalue weighted by atomic mass is 16.5. The Labute approximate surface area is 151 Å². The highest BCUT2D eigenvalue weighted by Crippen LogP contribution is 2.30. The van der Waals surface area contributed by atoms with Crippen molar-refractivity contribution in [3.8, 4) is 0 Å². The Morgan fingerprint density at radius 3 is 2.65 bits per heavy atom. The number of fused-ring (bicyclic) bond motifs is 1. The van der Waals surface area contributed by atoms with Crippen LogP contribution >= 0.6 is 0 Å². The summed E-state index contributed by atoms with van der Waals surface area (Å²) < 4.78 is 11.7. The number of morpholine rings is 1. The van der Waals surface area contributed by atoms with Crippen LogP contribution in [-0.4, -0.2) is 65.0 Å². The number of rotatable bonds is 2. The average Bonchev–Trinajstić information content (AvgIpc) is 3.04. The predicted octanol–water partition coefficient (Wildman–Crippen LogP) is 1.61. The van der Waals surface area contributed by atoms with Gasteiger partial charge in [-0.3, -0.25) is 9.59 Å². The van der Waals surface area contributed by atoms with Crippen LogP contribution < -0.4 is 0 Å². The fraction of sp³-hybridized carbons (Fsp3) is 0.526. The van der Waals surface area contributed by atoms with Crippen molar-refractivity contribution < 1.29 is 18.7 Å². The zero-order valence-corrected chi connectivity index (χ0v) is 14.9. The van der Waals surface area contributed by atoms with Gasteiger partial charge in [0, 0.05) is 33.1 Å². The van der Waals surface area contributed by atoms with Gasteiger partial charge in [-0.15, -0.1) is 0 Å². The van der Waals surface area contributed by atoms with Crippen LogP contribution in [0.2, 0.25) is 0 Å². The van der Waals surface area contributed by atoms with Crippen LogP contribution in [0.4, 0.5) is 0 Å². The second kappa shape index (κ2) is 6.72. The van der Waals surface area contributed by atoms with Gasteiger partial charge in [-0.05, 0) is 25.0 Å². The molecule has 2 aromatic rings. The molecule has 4 rings (SSSR count). The molecular formula is C19H23N3O4. The smallest absolute Gasteiger partial charge is 0.231 e. The van der Waals surface area contributed by atoms with E-state index in [4.69, 9.17) is 9.15 Å². The minimum Gasteiger partial charge on any atom is -0.440 e. The van der Waals surface area contributed by atoms with E-state index in [1.165, 1.54) is 0 Å². The summed E-state index contributed by atoms with van der Waals surface area (Å²) >= 11 is 0. The first kappa shape index (κ1) is 17.0. The predicted molar refractivity (Wildman–Crippen MR) is 94.5 cm³/mol. The molecule has 1 aromatic carbocycles. The summed E-state index contributed by atoms with van der Waals surface area (Å²) in [5.74, 6) is 0.556. The lowest BCUT2D eigenvalue weighted by atomic mass is 9.89. The van der Waals surface area contributed by atoms with Gasteiger partial charge in [-0.1, -0.05) is 12.1 Å². The van der Waals surface area contributed by atoms with Crippen LogP contribution in [0.25, 0.3) is 11.1 Å². The van der Waals surface area contributed by atoms with Gasteiger partial charge in [-0.25, -0.2) is 4.98 Å². The zero-order chi connectivity index (χ0) is 18.1. The quantitative estimate of drug-likeness (QED) is 0.816. The number of hydrogen-bond donors (Lipinski definition) is 0. The Balaban J connectivity index is 1.36. The summed E-state index contributed by atoms with van der Waals surface area (Å²) in [6, 6.07) is 7.51. The highest BCUT2D eigenvalue weighted by Gasteiger charge is 2.41. The maximum absolute atomic E-state index is 12.6. The second-order valence-corrected chi connectivity index (χ2v) is 7.10. The van der Waals surface area contributed by atoms with Crippen molar-refractivity contribution in [3.05, 3.63) is 30.2 Å². The highest BCUT2D eigenvalue weighted by molar-refractivity contribution is 5.79. The number of benzene rings is 1. The number of oxazole rings is 1. The molecule has 0 unspecified atom stereocenters. The number of nitrogens with zero attached hydrogens (tertiary/aromatic N) is 3. The molecule has 2 aliphatic heterocycles. The molecule has 0 saturated carbocycles. The Morgan fingerprint density at radius 2 is 1.92 bits per heavy atom. The van der Waals surface area contributed by atoms with E-state index in [0.29, 0.717) is 44.3 Å². The molecule has 1 aromatic heterocycles. The third-order valence-corrected chi connectivity index (χ3v) is 5.36. The maximum Gasteiger partial charge on any atom is 0.231 e. The Kier molecular flexibility index (Phi) is 4.40. The van der Waals surface area contributed by atoms with Crippen LogP contribution in [0, 0.1) is 0 Å². The number of piperidine rings is 1. The van der Waals surface area contributed by atoms with Crippen molar-refractivity contribution >= 4 is 22.9 Å². The SMILES string of the molecule is CC(=O)N1CCOC2(CCN(C(=O)Cc3nc4ccccc4o3)CC2)C1. The van der Waals surface area contributed by atoms with Gasteiger partial charge in [0.25, 0.3) is 0 Å². The van der Waals surface area contributed by atoms with E-state index in [1.54, 1.807) is 6.92 Å². The molecule has 0 bridgehead atoms. The molecule has 138 valence electrons. The molecule has 0 radical (unpaired) electrons. The van der Waals surface area contributed by atoms with Crippen LogP contribution in [0.15, 0.2) is 28.7 Å². The minimum atomic E-state index is -0.307. The van der Waals surface area contributed by atoms with E-state index in [2.05, 4.69) is 4.98 Å². The van der Waals surface area contributed by atoms with E-state index in [9.17, 15) is 9.59 Å². The van der Waals surface area contributed by atoms with Crippen molar-refractivity contribution in [3.63, 3.8) is 0 Å². The largest absolute Gasteiger partial charge is 0.440 e. The van der Waals surface area contributed by atoms with Gasteiger partial charge in [0.05, 0.1) is 12.2 Å². The van der Waals surface area contributed by atoms with Crippen LogP contribution in [0.3, 0.4) is 0 Å². The van der Waals surface area contributed by atoms with Crippen LogP contribution in [0.1, 0.15) is 25.7 Å². The average molecular weight is 357 g/mol. The molecule has 26 heavy (non-hydrogen) atoms. The number of aromatic nitrogens is 1. The molecule has 2 amide bonds. The van der Waals surface area contributed by atoms with Crippen molar-refractivity contribution in [2.75, 3.05) is 32.8 Å². The van der Waals surface area contributed by atoms with E-state index in [-0.39, 0.29) is 23.8 Å². The van der Waals surface area contributed by atoms with Crippen LogP contribution in [-0.2, 0) is 20.7 Å². The van der Waals surface area contributed by atoms with Crippen molar-refractivity contribution in [2.24, 2.45) is 0 Å². The summed E-state index contributed by atoms with van der Waals surface area (Å²) in [5.41, 5.74) is 1.17. The fourth-order valence-corrected chi connectivity index (χ4v) is 3.82. The third kappa shape index (κ3) is 3.31. The monoisotopic (exact) mass is 357 g/mol. The lowest BCUT2D eigenvalue weighted by molar-refractivity contribution is -0.161. The van der Waals surface area contributed by atoms with Gasteiger partial charge in [-0.2, -0.15) is 0 Å². The molecule has 3 heterocycles. The first-order valence-electron chi connectivity index (χ1n) is 9.06. The Bertz CT molecular complexity index is 790. The summed E-state index contributed by atoms with van der Waals surface area (Å²) in [6.45, 7) is 4.69. The molecule has 0 aliphatic carbocycles. The van der Waals surface area contributed by atoms with Crippen molar-refractivity contribution in [1.29, 1.82) is 0 Å². The first-order valence-corrected chi connectivity index (χ1v) is 9.06. The Hall–Kier alpha value is -2.41. The number of hydrogen-bond acceptors (Lipinski definition) is 5. The number of carbonyl (C=O) groups excluding carboxylic acids is 2. The zero-order valence-electron chi connectivity index (χ0n) is 14.9. The lowest BCUT2D eigenvalue weighted by Gasteiger charge is -2.47. The lowest BCUT2D eigenvalue weighted by Crippen LogP contribution is -2.58. The topological polar surface area (TPSA) is 75.9 Å². The molecule has 2 aliphatic rings. The summed E-state index contributed by atoms with van der Waals surface area (Å²) in [4.78, 5) is 32.3. The normalized spacial score (nSPS) is 19.9. The number of carbonyl (C=O) groups is 2. The summed E-state index contributed by atoms with van der Waals surface area (Å²) in [5, 5.41) is 0. The molecule has 2 saturated heterocycles. The molecular weight excluding hydrogens is 334 g/mol. The van der Waals surface area contributed by atoms with E-state index in [0.717, 1.165) is 18.4 Å². The van der Waals surface area contributed by atoms with Crippen molar-refractivity contribution in [1.82, 2.24) is 14.8 Å². The molecule has 0 atom stereocenters. The second-order valence-electron chi connectivity index (χ2n) is 7.10. The molecule has 0 N–H and O–H groups in total. The summed E-state index contributed by atoms with van der Waals surface area (Å²) in [7, 11) is 0. The van der Waals surface area contributed by atoms with Gasteiger partial charge < -0.3 is 19.0 Å². The minimum absolute atomic E-state index is 0.0191. The number of ether oxygens (including phenoxy) is 1. The van der Waals surface area contributed by atoms with Crippen molar-refractivity contribution in [2.45, 2.75) is 31.8 Å². The number of para-hydroxylation sites is 2. The van der Waals surface area contributed by atoms with Gasteiger partial charge in [0.1, 0.15) is 11.9 Å². The standard InChI is InChI=1S/C19H23N3O4/c1-14(23)22-10-11-25-19(13-22)6-8-21(9-7-19)18(24)12-17-20-15-4-2-3-5-16(15)26-17/h2-5H,6-13H2,1H3. The van der Waals surface area contributed by atoms with E-state index >= 15 is 0 Å². The summed E-state index contributed by atoms with van der Waals surface area (Å²) in [6.07, 6.45) is 1.66. The van der Waals surface area contributed by atoms with Gasteiger partial charge >= 0.3 is 0 Å². The first-order chi connectivity index (χ1) is 12.5. The van der Waals surface area contributed by atoms with Gasteiger partial charge in [0.2, 0.25) is 17.7 Å². The van der Waals surface area contributed by atoms with Crippen LogP contribution in [0.5, 0.6) is 0 Å². The number of amides is 2. The third-order valence-electron chi connectivity index (χ3n) is 5.36. The molecule has 7 nitrogen and oxygen atoms in total.